The van der Waals surface area contributed by atoms with Crippen LogP contribution in [0.3, 0.4) is 0 Å². The van der Waals surface area contributed by atoms with Crippen LogP contribution in [0.25, 0.3) is 22.2 Å². The molecule has 0 aliphatic heterocycles. The first kappa shape index (κ1) is 19.2. The number of hydrogen-bond donors (Lipinski definition) is 0. The van der Waals surface area contributed by atoms with Crippen molar-refractivity contribution in [2.24, 2.45) is 0 Å². The predicted molar refractivity (Wildman–Crippen MR) is 109 cm³/mol. The lowest BCUT2D eigenvalue weighted by molar-refractivity contribution is -0.384. The number of pyridine rings is 1. The van der Waals surface area contributed by atoms with Crippen LogP contribution in [0.5, 0.6) is 0 Å². The quantitative estimate of drug-likeness (QED) is 0.257. The number of ether oxygens (including phenoxy) is 1. The van der Waals surface area contributed by atoms with Crippen molar-refractivity contribution < 1.29 is 18.8 Å². The normalized spacial score (nSPS) is 10.7. The van der Waals surface area contributed by atoms with Gasteiger partial charge in [-0.25, -0.2) is 14.2 Å². The Bertz CT molecular complexity index is 1260. The van der Waals surface area contributed by atoms with E-state index in [2.05, 4.69) is 4.98 Å². The van der Waals surface area contributed by atoms with E-state index in [1.807, 2.05) is 6.07 Å². The monoisotopic (exact) mass is 402 g/mol. The maximum atomic E-state index is 13.3. The molecule has 0 saturated heterocycles. The summed E-state index contributed by atoms with van der Waals surface area (Å²) >= 11 is 0. The highest BCUT2D eigenvalue weighted by Gasteiger charge is 2.16. The lowest BCUT2D eigenvalue weighted by atomic mass is 10.0. The Morgan fingerprint density at radius 2 is 1.77 bits per heavy atom. The number of rotatable bonds is 5. The van der Waals surface area contributed by atoms with Crippen LogP contribution in [0, 0.1) is 15.9 Å². The minimum atomic E-state index is -0.580. The lowest BCUT2D eigenvalue weighted by Gasteiger charge is -2.10. The molecule has 1 heterocycles. The molecule has 6 nitrogen and oxygen atoms in total. The fourth-order valence-corrected chi connectivity index (χ4v) is 3.10. The van der Waals surface area contributed by atoms with E-state index in [0.29, 0.717) is 33.3 Å². The number of esters is 1. The molecule has 30 heavy (non-hydrogen) atoms. The fraction of sp³-hybridized carbons (Fsp3) is 0.0435. The van der Waals surface area contributed by atoms with E-state index in [0.717, 1.165) is 0 Å². The number of carbonyl (C=O) groups excluding carboxylic acids is 1. The fourth-order valence-electron chi connectivity index (χ4n) is 3.10. The molecule has 0 fully saturated rings. The van der Waals surface area contributed by atoms with Gasteiger partial charge in [-0.15, -0.1) is 0 Å². The summed E-state index contributed by atoms with van der Waals surface area (Å²) in [6.07, 6.45) is 0. The predicted octanol–water partition coefficient (Wildman–Crippen LogP) is 5.31. The Morgan fingerprint density at radius 3 is 2.53 bits per heavy atom. The summed E-state index contributed by atoms with van der Waals surface area (Å²) in [7, 11) is 0. The Balaban J connectivity index is 1.67. The van der Waals surface area contributed by atoms with Crippen molar-refractivity contribution in [1.29, 1.82) is 0 Å². The van der Waals surface area contributed by atoms with Crippen molar-refractivity contribution in [2.75, 3.05) is 0 Å². The molecule has 0 atom stereocenters. The molecular weight excluding hydrogens is 387 g/mol. The number of fused-ring (bicyclic) bond motifs is 1. The van der Waals surface area contributed by atoms with Gasteiger partial charge >= 0.3 is 5.97 Å². The minimum Gasteiger partial charge on any atom is -0.457 e. The summed E-state index contributed by atoms with van der Waals surface area (Å²) in [5.74, 6) is -0.945. The van der Waals surface area contributed by atoms with Crippen LogP contribution in [0.1, 0.15) is 15.9 Å². The minimum absolute atomic E-state index is 0.0727. The number of nitro groups is 1. The van der Waals surface area contributed by atoms with Crippen LogP contribution in [0.2, 0.25) is 0 Å². The molecule has 0 N–H and O–H groups in total. The SMILES string of the molecule is O=C(OCc1cccc([N+](=O)[O-])c1)c1cc(-c2ccc(F)cc2)nc2ccccc12. The molecule has 3 aromatic carbocycles. The standard InChI is InChI=1S/C23H15FN2O4/c24-17-10-8-16(9-11-17)22-13-20(19-6-1-2-7-21(19)25-22)23(27)30-14-15-4-3-5-18(12-15)26(28)29/h1-13H,14H2. The van der Waals surface area contributed by atoms with Gasteiger partial charge in [-0.05, 0) is 42.0 Å². The second-order valence-electron chi connectivity index (χ2n) is 6.58. The largest absolute Gasteiger partial charge is 0.457 e. The van der Waals surface area contributed by atoms with Crippen molar-refractivity contribution in [1.82, 2.24) is 4.98 Å². The van der Waals surface area contributed by atoms with Crippen molar-refractivity contribution in [3.63, 3.8) is 0 Å². The summed E-state index contributed by atoms with van der Waals surface area (Å²) < 4.78 is 18.7. The summed E-state index contributed by atoms with van der Waals surface area (Å²) in [6.45, 7) is -0.108. The van der Waals surface area contributed by atoms with Gasteiger partial charge < -0.3 is 4.74 Å². The molecule has 0 aliphatic carbocycles. The topological polar surface area (TPSA) is 82.3 Å². The molecule has 1 aromatic heterocycles. The summed E-state index contributed by atoms with van der Waals surface area (Å²) in [5.41, 5.74) is 2.52. The van der Waals surface area contributed by atoms with E-state index in [-0.39, 0.29) is 18.1 Å². The molecule has 4 rings (SSSR count). The smallest absolute Gasteiger partial charge is 0.339 e. The molecule has 0 amide bonds. The number of hydrogen-bond acceptors (Lipinski definition) is 5. The van der Waals surface area contributed by atoms with Crippen LogP contribution >= 0.6 is 0 Å². The number of halogens is 1. The second kappa shape index (κ2) is 8.08. The molecule has 7 heteroatoms. The number of para-hydroxylation sites is 1. The van der Waals surface area contributed by atoms with Gasteiger partial charge in [0, 0.05) is 23.1 Å². The zero-order chi connectivity index (χ0) is 21.1. The number of carbonyl (C=O) groups is 1. The highest BCUT2D eigenvalue weighted by molar-refractivity contribution is 6.04. The molecule has 0 unspecified atom stereocenters. The van der Waals surface area contributed by atoms with E-state index < -0.39 is 10.9 Å². The highest BCUT2D eigenvalue weighted by Crippen LogP contribution is 2.26. The lowest BCUT2D eigenvalue weighted by Crippen LogP contribution is -2.07. The van der Waals surface area contributed by atoms with E-state index in [4.69, 9.17) is 4.74 Å². The zero-order valence-corrected chi connectivity index (χ0v) is 15.6. The number of non-ortho nitro benzene ring substituents is 1. The van der Waals surface area contributed by atoms with Gasteiger partial charge in [-0.1, -0.05) is 30.3 Å². The number of nitrogens with zero attached hydrogens (tertiary/aromatic N) is 2. The zero-order valence-electron chi connectivity index (χ0n) is 15.6. The van der Waals surface area contributed by atoms with Crippen molar-refractivity contribution in [2.45, 2.75) is 6.61 Å². The van der Waals surface area contributed by atoms with Gasteiger partial charge in [0.15, 0.2) is 0 Å². The maximum Gasteiger partial charge on any atom is 0.339 e. The molecule has 4 aromatic rings. The average molecular weight is 402 g/mol. The van der Waals surface area contributed by atoms with Crippen LogP contribution in [0.4, 0.5) is 10.1 Å². The van der Waals surface area contributed by atoms with E-state index in [1.165, 1.54) is 30.3 Å². The van der Waals surface area contributed by atoms with Gasteiger partial charge in [0.05, 0.1) is 21.7 Å². The molecule has 0 bridgehead atoms. The molecule has 0 saturated carbocycles. The third-order valence-corrected chi connectivity index (χ3v) is 4.57. The van der Waals surface area contributed by atoms with Gasteiger partial charge in [-0.3, -0.25) is 10.1 Å². The van der Waals surface area contributed by atoms with Gasteiger partial charge in [0.25, 0.3) is 5.69 Å². The molecule has 148 valence electrons. The van der Waals surface area contributed by atoms with Crippen molar-refractivity contribution >= 4 is 22.6 Å². The molecule has 0 radical (unpaired) electrons. The number of nitro benzene ring substituents is 1. The Kier molecular flexibility index (Phi) is 5.17. The van der Waals surface area contributed by atoms with Crippen molar-refractivity contribution in [3.05, 3.63) is 106 Å². The van der Waals surface area contributed by atoms with E-state index in [1.54, 1.807) is 42.5 Å². The van der Waals surface area contributed by atoms with E-state index in [9.17, 15) is 19.3 Å². The van der Waals surface area contributed by atoms with Gasteiger partial charge in [0.1, 0.15) is 12.4 Å². The third kappa shape index (κ3) is 4.00. The average Bonchev–Trinajstić information content (AvgIpc) is 2.77. The Hall–Kier alpha value is -4.13. The highest BCUT2D eigenvalue weighted by atomic mass is 19.1. The first-order chi connectivity index (χ1) is 14.5. The third-order valence-electron chi connectivity index (χ3n) is 4.57. The molecule has 0 spiro atoms. The van der Waals surface area contributed by atoms with Crippen LogP contribution in [0.15, 0.2) is 78.9 Å². The maximum absolute atomic E-state index is 13.3. The van der Waals surface area contributed by atoms with Crippen LogP contribution in [-0.2, 0) is 11.3 Å². The summed E-state index contributed by atoms with van der Waals surface area (Å²) in [5, 5.41) is 11.5. The number of benzene rings is 3. The van der Waals surface area contributed by atoms with Gasteiger partial charge in [-0.2, -0.15) is 0 Å². The Labute approximate surface area is 170 Å². The second-order valence-corrected chi connectivity index (χ2v) is 6.58. The van der Waals surface area contributed by atoms with Gasteiger partial charge in [0.2, 0.25) is 0 Å². The molecule has 0 aliphatic rings. The summed E-state index contributed by atoms with van der Waals surface area (Å²) in [6, 6.07) is 20.5. The number of aromatic nitrogens is 1. The van der Waals surface area contributed by atoms with Crippen LogP contribution < -0.4 is 0 Å². The molecular formula is C23H15FN2O4. The van der Waals surface area contributed by atoms with Crippen molar-refractivity contribution in [3.8, 4) is 11.3 Å². The van der Waals surface area contributed by atoms with Crippen LogP contribution in [-0.4, -0.2) is 15.9 Å². The summed E-state index contributed by atoms with van der Waals surface area (Å²) in [4.78, 5) is 27.8. The Morgan fingerprint density at radius 1 is 1.00 bits per heavy atom. The first-order valence-corrected chi connectivity index (χ1v) is 9.07. The first-order valence-electron chi connectivity index (χ1n) is 9.07. The van der Waals surface area contributed by atoms with E-state index >= 15 is 0 Å².